The van der Waals surface area contributed by atoms with E-state index in [1.54, 1.807) is 21.0 Å². The lowest BCUT2D eigenvalue weighted by molar-refractivity contribution is 0.0929. The predicted molar refractivity (Wildman–Crippen MR) is 81.9 cm³/mol. The quantitative estimate of drug-likeness (QED) is 0.921. The Labute approximate surface area is 129 Å². The van der Waals surface area contributed by atoms with Crippen LogP contribution in [-0.4, -0.2) is 18.2 Å². The Hall–Kier alpha value is -2.30. The molecule has 5 nitrogen and oxygen atoms in total. The van der Waals surface area contributed by atoms with Crippen molar-refractivity contribution in [2.45, 2.75) is 32.7 Å². The van der Waals surface area contributed by atoms with Gasteiger partial charge in [0, 0.05) is 0 Å². The van der Waals surface area contributed by atoms with Crippen molar-refractivity contribution in [2.75, 3.05) is 7.11 Å². The van der Waals surface area contributed by atoms with E-state index in [9.17, 15) is 4.79 Å². The van der Waals surface area contributed by atoms with Crippen molar-refractivity contribution >= 4 is 5.91 Å². The number of carbonyl (C=O) groups is 1. The molecule has 1 fully saturated rings. The number of carbonyl (C=O) groups excluding carboxylic acids is 1. The summed E-state index contributed by atoms with van der Waals surface area (Å²) < 4.78 is 10.3. The van der Waals surface area contributed by atoms with Crippen LogP contribution in [0.1, 0.15) is 46.3 Å². The van der Waals surface area contributed by atoms with Crippen LogP contribution in [0, 0.1) is 19.8 Å². The minimum atomic E-state index is -0.121. The van der Waals surface area contributed by atoms with E-state index in [4.69, 9.17) is 9.26 Å². The highest BCUT2D eigenvalue weighted by atomic mass is 16.5. The molecular formula is C17H20N2O3. The number of aryl methyl sites for hydroxylation is 2. The maximum absolute atomic E-state index is 12.6. The van der Waals surface area contributed by atoms with E-state index in [1.165, 1.54) is 0 Å². The van der Waals surface area contributed by atoms with E-state index in [-0.39, 0.29) is 11.9 Å². The molecule has 1 aliphatic carbocycles. The maximum Gasteiger partial charge on any atom is 0.257 e. The summed E-state index contributed by atoms with van der Waals surface area (Å²) in [4.78, 5) is 12.6. The number of methoxy groups -OCH3 is 1. The van der Waals surface area contributed by atoms with Gasteiger partial charge in [-0.1, -0.05) is 17.3 Å². The molecule has 1 aromatic carbocycles. The van der Waals surface area contributed by atoms with E-state index in [0.717, 1.165) is 24.2 Å². The van der Waals surface area contributed by atoms with Gasteiger partial charge in [-0.3, -0.25) is 4.79 Å². The lowest BCUT2D eigenvalue weighted by atomic mass is 10.0. The van der Waals surface area contributed by atoms with Crippen molar-refractivity contribution < 1.29 is 14.1 Å². The summed E-state index contributed by atoms with van der Waals surface area (Å²) in [5.41, 5.74) is 2.27. The Bertz CT molecular complexity index is 652. The molecule has 3 rings (SSSR count). The molecular weight excluding hydrogens is 280 g/mol. The van der Waals surface area contributed by atoms with Crippen molar-refractivity contribution in [3.63, 3.8) is 0 Å². The van der Waals surface area contributed by atoms with Crippen LogP contribution in [0.5, 0.6) is 5.75 Å². The maximum atomic E-state index is 12.6. The van der Waals surface area contributed by atoms with Gasteiger partial charge in [-0.25, -0.2) is 0 Å². The highest BCUT2D eigenvalue weighted by molar-refractivity contribution is 5.96. The third kappa shape index (κ3) is 2.84. The number of benzene rings is 1. The zero-order valence-corrected chi connectivity index (χ0v) is 13.1. The molecule has 22 heavy (non-hydrogen) atoms. The Kier molecular flexibility index (Phi) is 3.88. The van der Waals surface area contributed by atoms with Crippen molar-refractivity contribution in [1.29, 1.82) is 0 Å². The van der Waals surface area contributed by atoms with Gasteiger partial charge in [0.15, 0.2) is 0 Å². The number of nitrogens with one attached hydrogen (secondary N) is 1. The van der Waals surface area contributed by atoms with Crippen LogP contribution in [0.25, 0.3) is 0 Å². The Morgan fingerprint density at radius 2 is 2.00 bits per heavy atom. The number of ether oxygens (including phenoxy) is 1. The molecule has 0 aliphatic heterocycles. The van der Waals surface area contributed by atoms with Crippen LogP contribution in [0.4, 0.5) is 0 Å². The van der Waals surface area contributed by atoms with Crippen molar-refractivity contribution in [1.82, 2.24) is 10.5 Å². The fourth-order valence-corrected chi connectivity index (χ4v) is 2.73. The third-order valence-corrected chi connectivity index (χ3v) is 4.12. The molecule has 2 aromatic rings. The molecule has 5 heteroatoms. The molecule has 1 atom stereocenters. The van der Waals surface area contributed by atoms with E-state index in [1.807, 2.05) is 24.3 Å². The minimum Gasteiger partial charge on any atom is -0.497 e. The number of amides is 1. The van der Waals surface area contributed by atoms with Gasteiger partial charge in [0.25, 0.3) is 5.91 Å². The standard InChI is InChI=1S/C17H20N2O3/c1-10-15(11(2)22-19-10)17(20)18-16(12-4-5-12)13-6-8-14(21-3)9-7-13/h6-9,12,16H,4-5H2,1-3H3,(H,18,20)/t16-/m1/s1. The van der Waals surface area contributed by atoms with Crippen molar-refractivity contribution in [3.8, 4) is 5.75 Å². The first kappa shape index (κ1) is 14.6. The summed E-state index contributed by atoms with van der Waals surface area (Å²) >= 11 is 0. The Balaban J connectivity index is 1.81. The van der Waals surface area contributed by atoms with Crippen molar-refractivity contribution in [2.24, 2.45) is 5.92 Å². The fourth-order valence-electron chi connectivity index (χ4n) is 2.73. The summed E-state index contributed by atoms with van der Waals surface area (Å²) in [6.45, 7) is 3.54. The molecule has 1 heterocycles. The fraction of sp³-hybridized carbons (Fsp3) is 0.412. The van der Waals surface area contributed by atoms with Gasteiger partial charge in [0.2, 0.25) is 0 Å². The largest absolute Gasteiger partial charge is 0.497 e. The first-order chi connectivity index (χ1) is 10.6. The normalized spacial score (nSPS) is 15.4. The monoisotopic (exact) mass is 300 g/mol. The highest BCUT2D eigenvalue weighted by Gasteiger charge is 2.34. The number of aromatic nitrogens is 1. The van der Waals surface area contributed by atoms with Gasteiger partial charge in [0.1, 0.15) is 17.1 Å². The molecule has 0 bridgehead atoms. The molecule has 0 spiro atoms. The predicted octanol–water partition coefficient (Wildman–Crippen LogP) is 3.18. The highest BCUT2D eigenvalue weighted by Crippen LogP contribution is 2.41. The molecule has 1 aromatic heterocycles. The third-order valence-electron chi connectivity index (χ3n) is 4.12. The number of nitrogens with zero attached hydrogens (tertiary/aromatic N) is 1. The van der Waals surface area contributed by atoms with Gasteiger partial charge in [0.05, 0.1) is 18.8 Å². The van der Waals surface area contributed by atoms with Crippen LogP contribution < -0.4 is 10.1 Å². The summed E-state index contributed by atoms with van der Waals surface area (Å²) in [6.07, 6.45) is 2.27. The van der Waals surface area contributed by atoms with E-state index >= 15 is 0 Å². The second-order valence-corrected chi connectivity index (χ2v) is 5.76. The molecule has 1 N–H and O–H groups in total. The Morgan fingerprint density at radius 3 is 2.50 bits per heavy atom. The van der Waals surface area contributed by atoms with Crippen LogP contribution in [-0.2, 0) is 0 Å². The topological polar surface area (TPSA) is 64.4 Å². The van der Waals surface area contributed by atoms with Gasteiger partial charge in [-0.2, -0.15) is 0 Å². The molecule has 1 aliphatic rings. The second kappa shape index (κ2) is 5.83. The SMILES string of the molecule is COc1ccc([C@H](NC(=O)c2c(C)noc2C)C2CC2)cc1. The minimum absolute atomic E-state index is 0.0205. The van der Waals surface area contributed by atoms with Crippen LogP contribution >= 0.6 is 0 Å². The molecule has 0 saturated heterocycles. The zero-order valence-electron chi connectivity index (χ0n) is 13.1. The smallest absolute Gasteiger partial charge is 0.257 e. The molecule has 0 unspecified atom stereocenters. The average Bonchev–Trinajstić information content (AvgIpc) is 3.30. The lowest BCUT2D eigenvalue weighted by Crippen LogP contribution is -2.30. The molecule has 0 radical (unpaired) electrons. The molecule has 1 saturated carbocycles. The number of hydrogen-bond donors (Lipinski definition) is 1. The number of rotatable bonds is 5. The van der Waals surface area contributed by atoms with Gasteiger partial charge in [-0.15, -0.1) is 0 Å². The van der Waals surface area contributed by atoms with Gasteiger partial charge < -0.3 is 14.6 Å². The average molecular weight is 300 g/mol. The lowest BCUT2D eigenvalue weighted by Gasteiger charge is -2.19. The van der Waals surface area contributed by atoms with Gasteiger partial charge >= 0.3 is 0 Å². The first-order valence-electron chi connectivity index (χ1n) is 7.48. The summed E-state index contributed by atoms with van der Waals surface area (Å²) in [6, 6.07) is 7.89. The zero-order chi connectivity index (χ0) is 15.7. The second-order valence-electron chi connectivity index (χ2n) is 5.76. The number of hydrogen-bond acceptors (Lipinski definition) is 4. The molecule has 116 valence electrons. The van der Waals surface area contributed by atoms with E-state index in [2.05, 4.69) is 10.5 Å². The van der Waals surface area contributed by atoms with Crippen LogP contribution in [0.3, 0.4) is 0 Å². The van der Waals surface area contributed by atoms with Crippen molar-refractivity contribution in [3.05, 3.63) is 46.8 Å². The Morgan fingerprint density at radius 1 is 1.32 bits per heavy atom. The van der Waals surface area contributed by atoms with E-state index in [0.29, 0.717) is 22.9 Å². The van der Waals surface area contributed by atoms with Crippen LogP contribution in [0.15, 0.2) is 28.8 Å². The summed E-state index contributed by atoms with van der Waals surface area (Å²) in [5, 5.41) is 6.99. The van der Waals surface area contributed by atoms with Gasteiger partial charge in [-0.05, 0) is 50.3 Å². The first-order valence-corrected chi connectivity index (χ1v) is 7.48. The molecule has 1 amide bonds. The van der Waals surface area contributed by atoms with E-state index < -0.39 is 0 Å². The van der Waals surface area contributed by atoms with Crippen LogP contribution in [0.2, 0.25) is 0 Å². The summed E-state index contributed by atoms with van der Waals surface area (Å²) in [5.74, 6) is 1.75. The summed E-state index contributed by atoms with van der Waals surface area (Å²) in [7, 11) is 1.65.